The number of rotatable bonds is 4. The Labute approximate surface area is 273 Å². The van der Waals surface area contributed by atoms with Crippen LogP contribution in [0.1, 0.15) is 18.6 Å². The van der Waals surface area contributed by atoms with Crippen LogP contribution < -0.4 is 4.74 Å². The minimum Gasteiger partial charge on any atom is -0.507 e. The third kappa shape index (κ3) is 4.62. The first-order valence-corrected chi connectivity index (χ1v) is 13.5. The second-order valence-corrected chi connectivity index (χ2v) is 9.96. The van der Waals surface area contributed by atoms with E-state index >= 15 is 0 Å². The van der Waals surface area contributed by atoms with Gasteiger partial charge in [-0.05, 0) is 58.3 Å². The number of benzene rings is 4. The van der Waals surface area contributed by atoms with Crippen molar-refractivity contribution in [2.45, 2.75) is 7.43 Å². The zero-order valence-corrected chi connectivity index (χ0v) is 25.1. The van der Waals surface area contributed by atoms with Gasteiger partial charge in [0.15, 0.2) is 0 Å². The van der Waals surface area contributed by atoms with E-state index < -0.39 is 0 Å². The van der Waals surface area contributed by atoms with Gasteiger partial charge in [0.2, 0.25) is 0 Å². The van der Waals surface area contributed by atoms with Crippen LogP contribution in [0.25, 0.3) is 55.2 Å². The smallest absolute Gasteiger partial charge is 0.507 e. The molecule has 7 nitrogen and oxygen atoms in total. The average Bonchev–Trinajstić information content (AvgIpc) is 3.56. The number of fused-ring (bicyclic) bond motifs is 6. The maximum atomic E-state index is 10.2. The largest absolute Gasteiger partial charge is 2.00 e. The van der Waals surface area contributed by atoms with Crippen molar-refractivity contribution in [1.29, 1.82) is 10.5 Å². The Morgan fingerprint density at radius 3 is 1.40 bits per heavy atom. The fourth-order valence-corrected chi connectivity index (χ4v) is 5.71. The monoisotopic (exact) mass is 761 g/mol. The van der Waals surface area contributed by atoms with Crippen molar-refractivity contribution in [3.63, 3.8) is 0 Å². The fourth-order valence-electron chi connectivity index (χ4n) is 5.71. The number of nitriles is 2. The van der Waals surface area contributed by atoms with Gasteiger partial charge in [-0.3, -0.25) is 0 Å². The Bertz CT molecular complexity index is 2280. The van der Waals surface area contributed by atoms with E-state index in [2.05, 4.69) is 34.2 Å². The molecule has 8 heteroatoms. The molecule has 0 aliphatic rings. The summed E-state index contributed by atoms with van der Waals surface area (Å²) in [5.41, 5.74) is 3.85. The van der Waals surface area contributed by atoms with Crippen LogP contribution in [-0.4, -0.2) is 19.1 Å². The van der Waals surface area contributed by atoms with Crippen molar-refractivity contribution in [2.75, 3.05) is 0 Å². The van der Waals surface area contributed by atoms with E-state index in [4.69, 9.17) is 4.74 Å². The van der Waals surface area contributed by atoms with Crippen molar-refractivity contribution in [3.05, 3.63) is 133 Å². The molecule has 0 saturated carbocycles. The summed E-state index contributed by atoms with van der Waals surface area (Å²) < 4.78 is 10.4. The van der Waals surface area contributed by atoms with Gasteiger partial charge in [0, 0.05) is 47.1 Å². The van der Waals surface area contributed by atoms with E-state index in [-0.39, 0.29) is 40.0 Å². The molecule has 0 bridgehead atoms. The number of pyridine rings is 2. The zero-order chi connectivity index (χ0) is 28.9. The van der Waals surface area contributed by atoms with Gasteiger partial charge in [-0.25, -0.2) is 20.5 Å². The van der Waals surface area contributed by atoms with Gasteiger partial charge in [-0.15, -0.1) is 35.0 Å². The average molecular weight is 762 g/mol. The molecule has 8 rings (SSSR count). The van der Waals surface area contributed by atoms with Gasteiger partial charge < -0.3 is 13.9 Å². The fraction of sp³-hybridized carbons (Fsp3) is 0.0270. The van der Waals surface area contributed by atoms with Crippen LogP contribution in [0.4, 0.5) is 0 Å². The minimum absolute atomic E-state index is 0. The van der Waals surface area contributed by atoms with Gasteiger partial charge in [0.1, 0.15) is 11.6 Å². The number of hydrogen-bond donors (Lipinski definition) is 0. The van der Waals surface area contributed by atoms with Crippen LogP contribution in [0.5, 0.6) is 11.5 Å². The molecule has 4 heterocycles. The first-order valence-electron chi connectivity index (χ1n) is 13.5. The number of nitrogens with zero attached hydrogens (tertiary/aromatic N) is 6. The van der Waals surface area contributed by atoms with E-state index in [0.717, 1.165) is 32.6 Å². The predicted octanol–water partition coefficient (Wildman–Crippen LogP) is 8.44. The molecule has 0 aliphatic heterocycles. The maximum Gasteiger partial charge on any atom is 2.00 e. The van der Waals surface area contributed by atoms with Gasteiger partial charge in [0.25, 0.3) is 0 Å². The molecule has 0 aliphatic carbocycles. The van der Waals surface area contributed by atoms with Crippen LogP contribution in [0.2, 0.25) is 0 Å². The zero-order valence-electron chi connectivity index (χ0n) is 22.8. The molecule has 0 atom stereocenters. The Morgan fingerprint density at radius 1 is 0.578 bits per heavy atom. The van der Waals surface area contributed by atoms with Crippen LogP contribution in [-0.2, 0) is 21.1 Å². The molecule has 0 radical (unpaired) electrons. The molecule has 216 valence electrons. The molecular weight excluding hydrogens is 740 g/mol. The normalized spacial score (nSPS) is 10.7. The first-order chi connectivity index (χ1) is 21.2. The molecule has 0 spiro atoms. The van der Waals surface area contributed by atoms with E-state index in [9.17, 15) is 10.5 Å². The van der Waals surface area contributed by atoms with Crippen molar-refractivity contribution in [2.24, 2.45) is 0 Å². The van der Waals surface area contributed by atoms with Crippen LogP contribution in [0.15, 0.2) is 109 Å². The molecule has 45 heavy (non-hydrogen) atoms. The van der Waals surface area contributed by atoms with E-state index in [0.29, 0.717) is 33.8 Å². The van der Waals surface area contributed by atoms with Crippen molar-refractivity contribution in [1.82, 2.24) is 19.1 Å². The van der Waals surface area contributed by atoms with Crippen LogP contribution in [0, 0.1) is 34.8 Å². The standard InChI is InChI=1S/C36H18N6O.CH4.Pt/c37-21-23-17-27-25-9-1-3-11-29(25)41(35-13-5-7-15-39-35)31(27)19-33(23)43-34-20-32-28(18-24(34)22-38)26-10-2-4-12-30(26)42(32)36-14-6-8-16-40-36;;/h1-18H;1H4;/q-2;;+2. The number of para-hydroxylation sites is 2. The maximum absolute atomic E-state index is 10.2. The van der Waals surface area contributed by atoms with Crippen molar-refractivity contribution >= 4 is 43.6 Å². The summed E-state index contributed by atoms with van der Waals surface area (Å²) in [5.74, 6) is 1.82. The predicted molar refractivity (Wildman–Crippen MR) is 171 cm³/mol. The summed E-state index contributed by atoms with van der Waals surface area (Å²) in [7, 11) is 0. The SMILES string of the molecule is C.N#Cc1cc2c3ccccc3n(-c3ccccn3)c2[c-]c1Oc1[c-]c2c(cc1C#N)c1ccccc1n2-c1ccccn1.[Pt+2]. The summed E-state index contributed by atoms with van der Waals surface area (Å²) in [6.07, 6.45) is 3.47. The second-order valence-electron chi connectivity index (χ2n) is 9.96. The third-order valence-corrected chi connectivity index (χ3v) is 7.56. The summed E-state index contributed by atoms with van der Waals surface area (Å²) in [4.78, 5) is 9.16. The summed E-state index contributed by atoms with van der Waals surface area (Å²) in [6, 6.07) is 42.2. The molecule has 0 fully saturated rings. The minimum atomic E-state index is 0. The number of hydrogen-bond acceptors (Lipinski definition) is 5. The number of ether oxygens (including phenoxy) is 1. The van der Waals surface area contributed by atoms with Gasteiger partial charge in [-0.2, -0.15) is 0 Å². The van der Waals surface area contributed by atoms with Crippen LogP contribution in [0.3, 0.4) is 0 Å². The van der Waals surface area contributed by atoms with Gasteiger partial charge in [-0.1, -0.05) is 67.0 Å². The molecular formula is C37H22N6OPt. The Kier molecular flexibility index (Phi) is 7.65. The van der Waals surface area contributed by atoms with E-state index in [1.54, 1.807) is 24.5 Å². The molecule has 0 saturated heterocycles. The van der Waals surface area contributed by atoms with E-state index in [1.807, 2.05) is 94.1 Å². The molecule has 4 aromatic carbocycles. The summed E-state index contributed by atoms with van der Waals surface area (Å²) >= 11 is 0. The third-order valence-electron chi connectivity index (χ3n) is 7.56. The van der Waals surface area contributed by atoms with E-state index in [1.165, 1.54) is 0 Å². The molecule has 0 N–H and O–H groups in total. The van der Waals surface area contributed by atoms with Gasteiger partial charge in [0.05, 0.1) is 0 Å². The first kappa shape index (κ1) is 29.3. The number of aromatic nitrogens is 4. The second kappa shape index (κ2) is 11.7. The van der Waals surface area contributed by atoms with Crippen LogP contribution >= 0.6 is 0 Å². The molecule has 0 amide bonds. The molecule has 8 aromatic rings. The molecule has 4 aromatic heterocycles. The summed E-state index contributed by atoms with van der Waals surface area (Å²) in [5, 5.41) is 24.0. The Hall–Kier alpha value is -5.75. The Balaban J connectivity index is 0.00000179. The molecule has 0 unspecified atom stereocenters. The Morgan fingerprint density at radius 2 is 1.00 bits per heavy atom. The van der Waals surface area contributed by atoms with Gasteiger partial charge >= 0.3 is 21.1 Å². The van der Waals surface area contributed by atoms with Crippen molar-refractivity contribution < 1.29 is 25.8 Å². The summed E-state index contributed by atoms with van der Waals surface area (Å²) in [6.45, 7) is 0. The topological polar surface area (TPSA) is 92.5 Å². The quantitative estimate of drug-likeness (QED) is 0.168. The van der Waals surface area contributed by atoms with Crippen molar-refractivity contribution in [3.8, 4) is 35.3 Å².